The predicted octanol–water partition coefficient (Wildman–Crippen LogP) is 6.64. The zero-order valence-corrected chi connectivity index (χ0v) is 21.3. The van der Waals surface area contributed by atoms with Gasteiger partial charge in [-0.05, 0) is 83.6 Å². The lowest BCUT2D eigenvalue weighted by molar-refractivity contribution is -0.131. The van der Waals surface area contributed by atoms with E-state index in [2.05, 4.69) is 0 Å². The van der Waals surface area contributed by atoms with Crippen molar-refractivity contribution in [1.29, 1.82) is 0 Å². The zero-order chi connectivity index (χ0) is 27.5. The van der Waals surface area contributed by atoms with Gasteiger partial charge in [0.2, 0.25) is 5.91 Å². The minimum Gasteiger partial charge on any atom is -0.465 e. The van der Waals surface area contributed by atoms with Crippen molar-refractivity contribution in [3.05, 3.63) is 125 Å². The van der Waals surface area contributed by atoms with Crippen LogP contribution in [0, 0.1) is 17.6 Å². The van der Waals surface area contributed by atoms with Gasteiger partial charge in [-0.25, -0.2) is 13.6 Å². The second kappa shape index (κ2) is 11.2. The van der Waals surface area contributed by atoms with Gasteiger partial charge in [0, 0.05) is 5.69 Å². The number of rotatable bonds is 8. The zero-order valence-electron chi connectivity index (χ0n) is 21.3. The number of carbonyl (C=O) groups is 2. The Morgan fingerprint density at radius 3 is 2.18 bits per heavy atom. The van der Waals surface area contributed by atoms with Gasteiger partial charge in [0.25, 0.3) is 0 Å². The molecule has 198 valence electrons. The summed E-state index contributed by atoms with van der Waals surface area (Å²) in [7, 11) is 1.34. The fourth-order valence-corrected chi connectivity index (χ4v) is 5.11. The Bertz CT molecular complexity index is 1470. The van der Waals surface area contributed by atoms with Gasteiger partial charge < -0.3 is 14.7 Å². The minimum atomic E-state index is -0.830. The van der Waals surface area contributed by atoms with Crippen molar-refractivity contribution in [1.82, 2.24) is 0 Å². The van der Waals surface area contributed by atoms with Crippen LogP contribution >= 0.6 is 0 Å². The Hall–Kier alpha value is -4.36. The van der Waals surface area contributed by atoms with Crippen molar-refractivity contribution in [2.45, 2.75) is 25.0 Å². The van der Waals surface area contributed by atoms with E-state index in [1.807, 2.05) is 30.3 Å². The Morgan fingerprint density at radius 2 is 1.54 bits per heavy atom. The van der Waals surface area contributed by atoms with Crippen LogP contribution in [-0.4, -0.2) is 24.1 Å². The number of benzene rings is 4. The molecule has 5 rings (SSSR count). The number of aliphatic hydroxyl groups excluding tert-OH is 1. The molecule has 0 bridgehead atoms. The van der Waals surface area contributed by atoms with E-state index in [9.17, 15) is 23.5 Å². The lowest BCUT2D eigenvalue weighted by atomic mass is 9.78. The van der Waals surface area contributed by atoms with Gasteiger partial charge in [-0.1, -0.05) is 48.5 Å². The first-order valence-electron chi connectivity index (χ1n) is 12.7. The molecule has 0 unspecified atom stereocenters. The molecule has 0 spiro atoms. The van der Waals surface area contributed by atoms with E-state index in [-0.39, 0.29) is 23.6 Å². The molecule has 1 aliphatic rings. The van der Waals surface area contributed by atoms with Gasteiger partial charge in [0.05, 0.1) is 30.7 Å². The molecule has 5 nitrogen and oxygen atoms in total. The number of hydrogen-bond acceptors (Lipinski definition) is 4. The van der Waals surface area contributed by atoms with Gasteiger partial charge in [-0.3, -0.25) is 4.79 Å². The van der Waals surface area contributed by atoms with E-state index in [4.69, 9.17) is 4.74 Å². The molecule has 1 fully saturated rings. The van der Waals surface area contributed by atoms with Gasteiger partial charge in [0.15, 0.2) is 0 Å². The van der Waals surface area contributed by atoms with E-state index < -0.39 is 18.0 Å². The average Bonchev–Trinajstić information content (AvgIpc) is 2.97. The van der Waals surface area contributed by atoms with Crippen molar-refractivity contribution in [2.24, 2.45) is 5.92 Å². The molecule has 0 aromatic heterocycles. The Labute approximate surface area is 225 Å². The summed E-state index contributed by atoms with van der Waals surface area (Å²) in [5.41, 5.74) is 4.28. The first-order valence-corrected chi connectivity index (χ1v) is 12.7. The number of β-lactam (4-membered cyclic amide) rings is 1. The maximum atomic E-state index is 13.6. The second-order valence-corrected chi connectivity index (χ2v) is 9.58. The lowest BCUT2D eigenvalue weighted by Gasteiger charge is -2.48. The molecule has 3 atom stereocenters. The van der Waals surface area contributed by atoms with Crippen LogP contribution in [0.2, 0.25) is 0 Å². The Kier molecular flexibility index (Phi) is 7.52. The van der Waals surface area contributed by atoms with Crippen molar-refractivity contribution in [2.75, 3.05) is 12.0 Å². The van der Waals surface area contributed by atoms with Crippen LogP contribution < -0.4 is 4.90 Å². The van der Waals surface area contributed by atoms with E-state index >= 15 is 0 Å². The Balaban J connectivity index is 1.40. The summed E-state index contributed by atoms with van der Waals surface area (Å²) in [6.45, 7) is 0. The van der Waals surface area contributed by atoms with Crippen LogP contribution in [0.15, 0.2) is 97.1 Å². The molecule has 0 radical (unpaired) electrons. The third kappa shape index (κ3) is 5.45. The molecule has 1 aliphatic heterocycles. The van der Waals surface area contributed by atoms with E-state index in [0.717, 1.165) is 16.7 Å². The van der Waals surface area contributed by atoms with E-state index in [1.54, 1.807) is 47.4 Å². The molecule has 1 saturated heterocycles. The van der Waals surface area contributed by atoms with Gasteiger partial charge >= 0.3 is 5.97 Å². The molecule has 0 saturated carbocycles. The van der Waals surface area contributed by atoms with Gasteiger partial charge in [0.1, 0.15) is 11.6 Å². The number of anilines is 1. The maximum Gasteiger partial charge on any atom is 0.337 e. The fraction of sp³-hybridized carbons (Fsp3) is 0.188. The van der Waals surface area contributed by atoms with Crippen LogP contribution in [-0.2, 0) is 9.53 Å². The number of amides is 1. The normalized spacial score (nSPS) is 17.4. The van der Waals surface area contributed by atoms with Crippen LogP contribution in [0.3, 0.4) is 0 Å². The first-order chi connectivity index (χ1) is 18.9. The van der Waals surface area contributed by atoms with Crippen molar-refractivity contribution in [3.8, 4) is 11.1 Å². The molecule has 1 N–H and O–H groups in total. The van der Waals surface area contributed by atoms with Crippen LogP contribution in [0.4, 0.5) is 14.5 Å². The third-order valence-electron chi connectivity index (χ3n) is 7.19. The molecule has 4 aromatic carbocycles. The summed E-state index contributed by atoms with van der Waals surface area (Å²) in [6, 6.07) is 26.1. The summed E-state index contributed by atoms with van der Waals surface area (Å²) in [6.07, 6.45) is -0.0833. The van der Waals surface area contributed by atoms with Crippen molar-refractivity contribution >= 4 is 17.6 Å². The molecule has 1 heterocycles. The number of nitrogens with zero attached hydrogens (tertiary/aromatic N) is 1. The number of ether oxygens (including phenoxy) is 1. The highest BCUT2D eigenvalue weighted by molar-refractivity contribution is 6.03. The molecule has 4 aromatic rings. The van der Waals surface area contributed by atoms with Crippen LogP contribution in [0.5, 0.6) is 0 Å². The van der Waals surface area contributed by atoms with E-state index in [1.165, 1.54) is 31.4 Å². The summed E-state index contributed by atoms with van der Waals surface area (Å²) >= 11 is 0. The number of carbonyl (C=O) groups excluding carboxylic acids is 2. The number of halogens is 2. The average molecular weight is 528 g/mol. The number of esters is 1. The highest BCUT2D eigenvalue weighted by atomic mass is 19.1. The quantitative estimate of drug-likeness (QED) is 0.206. The van der Waals surface area contributed by atoms with Gasteiger partial charge in [-0.2, -0.15) is 0 Å². The standard InChI is InChI=1S/C32H27F2NO4/c1-39-32(38)24-4-2-3-23(19-24)20-5-7-22(8-6-20)30-28(17-18-29(36)21-9-11-25(33)12-10-21)31(37)35(30)27-15-13-26(34)14-16-27/h2-16,19,28-30,36H,17-18H2,1H3/t28-,29+,30-/m1/s1. The van der Waals surface area contributed by atoms with Gasteiger partial charge in [-0.15, -0.1) is 0 Å². The largest absolute Gasteiger partial charge is 0.465 e. The highest BCUT2D eigenvalue weighted by Gasteiger charge is 2.48. The topological polar surface area (TPSA) is 66.8 Å². The number of hydrogen-bond donors (Lipinski definition) is 1. The first kappa shape index (κ1) is 26.3. The maximum absolute atomic E-state index is 13.6. The lowest BCUT2D eigenvalue weighted by Crippen LogP contribution is -2.55. The van der Waals surface area contributed by atoms with E-state index in [0.29, 0.717) is 29.7 Å². The molecule has 7 heteroatoms. The Morgan fingerprint density at radius 1 is 0.897 bits per heavy atom. The van der Waals surface area contributed by atoms with Crippen molar-refractivity contribution in [3.63, 3.8) is 0 Å². The van der Waals surface area contributed by atoms with Crippen LogP contribution in [0.1, 0.15) is 46.5 Å². The molecule has 1 amide bonds. The molecule has 39 heavy (non-hydrogen) atoms. The molecular weight excluding hydrogens is 500 g/mol. The number of aliphatic hydroxyl groups is 1. The number of methoxy groups -OCH3 is 1. The SMILES string of the molecule is COC(=O)c1cccc(-c2ccc([C@@H]3[C@@H](CC[C@H](O)c4ccc(F)cc4)C(=O)N3c3ccc(F)cc3)cc2)c1. The summed E-state index contributed by atoms with van der Waals surface area (Å²) in [5.74, 6) is -1.68. The summed E-state index contributed by atoms with van der Waals surface area (Å²) in [5, 5.41) is 10.7. The van der Waals surface area contributed by atoms with Crippen LogP contribution in [0.25, 0.3) is 11.1 Å². The smallest absolute Gasteiger partial charge is 0.337 e. The summed E-state index contributed by atoms with van der Waals surface area (Å²) in [4.78, 5) is 26.9. The second-order valence-electron chi connectivity index (χ2n) is 9.58. The third-order valence-corrected chi connectivity index (χ3v) is 7.19. The monoisotopic (exact) mass is 527 g/mol. The summed E-state index contributed by atoms with van der Waals surface area (Å²) < 4.78 is 31.7. The van der Waals surface area contributed by atoms with Crippen molar-refractivity contribution < 1.29 is 28.2 Å². The fourth-order valence-electron chi connectivity index (χ4n) is 5.11. The molecule has 0 aliphatic carbocycles. The molecular formula is C32H27F2NO4. The highest BCUT2D eigenvalue weighted by Crippen LogP contribution is 2.46. The predicted molar refractivity (Wildman–Crippen MR) is 144 cm³/mol. The minimum absolute atomic E-state index is 0.104.